The highest BCUT2D eigenvalue weighted by Crippen LogP contribution is 2.28. The van der Waals surface area contributed by atoms with Crippen LogP contribution in [0.25, 0.3) is 11.3 Å². The first-order valence-corrected chi connectivity index (χ1v) is 12.5. The van der Waals surface area contributed by atoms with Crippen LogP contribution in [-0.2, 0) is 27.8 Å². The number of imidazole rings is 1. The van der Waals surface area contributed by atoms with Gasteiger partial charge in [-0.25, -0.2) is 22.5 Å². The average molecular weight is 493 g/mol. The summed E-state index contributed by atoms with van der Waals surface area (Å²) in [5.41, 5.74) is 3.13. The number of carbonyl (C=O) groups excluding carboxylic acids is 1. The van der Waals surface area contributed by atoms with Crippen LogP contribution in [0.3, 0.4) is 0 Å². The lowest BCUT2D eigenvalue weighted by Crippen LogP contribution is -2.18. The SMILES string of the molecule is CNS(=O)(=O)c1ccc(CCC(=O)Nc2c(-c3ccc(F)cc3)ncn2Cc2ccccc2)cc1. The molecule has 2 N–H and O–H groups in total. The molecule has 0 saturated heterocycles. The van der Waals surface area contributed by atoms with Gasteiger partial charge >= 0.3 is 0 Å². The first-order valence-electron chi connectivity index (χ1n) is 11.0. The number of amides is 1. The van der Waals surface area contributed by atoms with Crippen molar-refractivity contribution >= 4 is 21.7 Å². The molecule has 9 heteroatoms. The Bertz CT molecular complexity index is 1400. The Hall–Kier alpha value is -3.82. The molecule has 0 atom stereocenters. The van der Waals surface area contributed by atoms with Crippen molar-refractivity contribution in [3.8, 4) is 11.3 Å². The Morgan fingerprint density at radius 3 is 2.29 bits per heavy atom. The van der Waals surface area contributed by atoms with E-state index in [4.69, 9.17) is 0 Å². The number of hydrogen-bond acceptors (Lipinski definition) is 4. The van der Waals surface area contributed by atoms with E-state index in [1.807, 2.05) is 34.9 Å². The van der Waals surface area contributed by atoms with Crippen LogP contribution < -0.4 is 10.0 Å². The number of aromatic nitrogens is 2. The van der Waals surface area contributed by atoms with Crippen molar-refractivity contribution in [1.82, 2.24) is 14.3 Å². The van der Waals surface area contributed by atoms with Crippen molar-refractivity contribution in [1.29, 1.82) is 0 Å². The second-order valence-corrected chi connectivity index (χ2v) is 9.85. The van der Waals surface area contributed by atoms with E-state index in [1.54, 1.807) is 30.6 Å². The average Bonchev–Trinajstić information content (AvgIpc) is 3.25. The van der Waals surface area contributed by atoms with Crippen LogP contribution >= 0.6 is 0 Å². The lowest BCUT2D eigenvalue weighted by atomic mass is 10.1. The zero-order valence-corrected chi connectivity index (χ0v) is 19.9. The molecule has 0 aliphatic rings. The second kappa shape index (κ2) is 10.6. The van der Waals surface area contributed by atoms with Gasteiger partial charge in [0.05, 0.1) is 17.8 Å². The summed E-state index contributed by atoms with van der Waals surface area (Å²) in [5, 5.41) is 2.97. The smallest absolute Gasteiger partial charge is 0.240 e. The predicted molar refractivity (Wildman–Crippen MR) is 133 cm³/mol. The normalized spacial score (nSPS) is 11.4. The lowest BCUT2D eigenvalue weighted by molar-refractivity contribution is -0.116. The molecule has 1 amide bonds. The zero-order valence-electron chi connectivity index (χ0n) is 19.1. The maximum absolute atomic E-state index is 13.4. The zero-order chi connectivity index (χ0) is 24.8. The van der Waals surface area contributed by atoms with E-state index in [-0.39, 0.29) is 23.0 Å². The van der Waals surface area contributed by atoms with Crippen molar-refractivity contribution < 1.29 is 17.6 Å². The number of hydrogen-bond donors (Lipinski definition) is 2. The number of rotatable bonds is 9. The molecule has 0 radical (unpaired) electrons. The van der Waals surface area contributed by atoms with Gasteiger partial charge in [0.2, 0.25) is 15.9 Å². The quantitative estimate of drug-likeness (QED) is 0.366. The molecule has 3 aromatic carbocycles. The van der Waals surface area contributed by atoms with E-state index >= 15 is 0 Å². The van der Waals surface area contributed by atoms with Crippen LogP contribution in [0, 0.1) is 5.82 Å². The minimum absolute atomic E-state index is 0.168. The van der Waals surface area contributed by atoms with Crippen molar-refractivity contribution in [2.45, 2.75) is 24.3 Å². The fourth-order valence-corrected chi connectivity index (χ4v) is 4.37. The fraction of sp³-hybridized carbons (Fsp3) is 0.154. The first kappa shape index (κ1) is 24.3. The number of nitrogens with zero attached hydrogens (tertiary/aromatic N) is 2. The Labute approximate surface area is 203 Å². The molecule has 4 aromatic rings. The van der Waals surface area contributed by atoms with Gasteiger partial charge in [0.15, 0.2) is 0 Å². The molecule has 1 aromatic heterocycles. The summed E-state index contributed by atoms with van der Waals surface area (Å²) in [6.07, 6.45) is 2.28. The summed E-state index contributed by atoms with van der Waals surface area (Å²) >= 11 is 0. The molecule has 35 heavy (non-hydrogen) atoms. The van der Waals surface area contributed by atoms with Gasteiger partial charge in [-0.3, -0.25) is 4.79 Å². The summed E-state index contributed by atoms with van der Waals surface area (Å²) in [6.45, 7) is 0.506. The largest absolute Gasteiger partial charge is 0.312 e. The van der Waals surface area contributed by atoms with Gasteiger partial charge in [-0.1, -0.05) is 42.5 Å². The highest BCUT2D eigenvalue weighted by Gasteiger charge is 2.17. The van der Waals surface area contributed by atoms with Crippen LogP contribution in [0.4, 0.5) is 10.2 Å². The number of nitrogens with one attached hydrogen (secondary N) is 2. The molecule has 180 valence electrons. The number of sulfonamides is 1. The van der Waals surface area contributed by atoms with E-state index in [2.05, 4.69) is 15.0 Å². The van der Waals surface area contributed by atoms with E-state index in [9.17, 15) is 17.6 Å². The standard InChI is InChI=1S/C26H25FN4O3S/c1-28-35(33,34)23-14-7-19(8-15-23)9-16-24(32)30-26-25(21-10-12-22(27)13-11-21)29-18-31(26)17-20-5-3-2-4-6-20/h2-8,10-15,18,28H,9,16-17H2,1H3,(H,30,32). The monoisotopic (exact) mass is 492 g/mol. The molecule has 0 aliphatic heterocycles. The number of halogens is 1. The van der Waals surface area contributed by atoms with E-state index in [1.165, 1.54) is 31.3 Å². The summed E-state index contributed by atoms with van der Waals surface area (Å²) in [4.78, 5) is 17.5. The molecule has 0 saturated carbocycles. The van der Waals surface area contributed by atoms with Gasteiger partial charge < -0.3 is 9.88 Å². The Kier molecular flexibility index (Phi) is 7.38. The number of aryl methyl sites for hydroxylation is 1. The summed E-state index contributed by atoms with van der Waals surface area (Å²) in [7, 11) is -2.15. The van der Waals surface area contributed by atoms with Gasteiger partial charge in [0.25, 0.3) is 0 Å². The van der Waals surface area contributed by atoms with Crippen LogP contribution in [0.1, 0.15) is 17.5 Å². The predicted octanol–water partition coefficient (Wildman–Crippen LogP) is 4.22. The number of benzene rings is 3. The minimum Gasteiger partial charge on any atom is -0.312 e. The molecular weight excluding hydrogens is 467 g/mol. The second-order valence-electron chi connectivity index (χ2n) is 7.96. The van der Waals surface area contributed by atoms with Crippen LogP contribution in [-0.4, -0.2) is 30.9 Å². The molecule has 4 rings (SSSR count). The number of anilines is 1. The molecule has 0 unspecified atom stereocenters. The van der Waals surface area contributed by atoms with Crippen molar-refractivity contribution in [3.63, 3.8) is 0 Å². The Balaban J connectivity index is 1.52. The van der Waals surface area contributed by atoms with Gasteiger partial charge in [0, 0.05) is 12.0 Å². The molecule has 0 bridgehead atoms. The molecule has 1 heterocycles. The maximum atomic E-state index is 13.4. The first-order chi connectivity index (χ1) is 16.9. The van der Waals surface area contributed by atoms with Crippen molar-refractivity contribution in [2.24, 2.45) is 0 Å². The lowest BCUT2D eigenvalue weighted by Gasteiger charge is -2.12. The van der Waals surface area contributed by atoms with Gasteiger partial charge in [-0.15, -0.1) is 0 Å². The van der Waals surface area contributed by atoms with Gasteiger partial charge in [-0.2, -0.15) is 0 Å². The molecule has 7 nitrogen and oxygen atoms in total. The maximum Gasteiger partial charge on any atom is 0.240 e. The van der Waals surface area contributed by atoms with E-state index in [0.717, 1.165) is 11.1 Å². The highest BCUT2D eigenvalue weighted by atomic mass is 32.2. The minimum atomic E-state index is -3.51. The molecular formula is C26H25FN4O3S. The Morgan fingerprint density at radius 2 is 1.63 bits per heavy atom. The summed E-state index contributed by atoms with van der Waals surface area (Å²) < 4.78 is 41.3. The van der Waals surface area contributed by atoms with E-state index < -0.39 is 10.0 Å². The van der Waals surface area contributed by atoms with Crippen LogP contribution in [0.5, 0.6) is 0 Å². The molecule has 0 aliphatic carbocycles. The third-order valence-corrected chi connectivity index (χ3v) is 6.98. The topological polar surface area (TPSA) is 93.1 Å². The number of carbonyl (C=O) groups is 1. The third-order valence-electron chi connectivity index (χ3n) is 5.55. The van der Waals surface area contributed by atoms with Crippen molar-refractivity contribution in [3.05, 3.63) is 102 Å². The summed E-state index contributed by atoms with van der Waals surface area (Å²) in [6, 6.07) is 22.2. The third kappa shape index (κ3) is 6.00. The van der Waals surface area contributed by atoms with Crippen molar-refractivity contribution in [2.75, 3.05) is 12.4 Å². The molecule has 0 fully saturated rings. The van der Waals surface area contributed by atoms with E-state index in [0.29, 0.717) is 30.0 Å². The summed E-state index contributed by atoms with van der Waals surface area (Å²) in [5.74, 6) is -0.0346. The fourth-order valence-electron chi connectivity index (χ4n) is 3.64. The van der Waals surface area contributed by atoms with Crippen LogP contribution in [0.2, 0.25) is 0 Å². The Morgan fingerprint density at radius 1 is 0.943 bits per heavy atom. The van der Waals surface area contributed by atoms with Crippen LogP contribution in [0.15, 0.2) is 90.1 Å². The van der Waals surface area contributed by atoms with Gasteiger partial charge in [0.1, 0.15) is 17.3 Å². The highest BCUT2D eigenvalue weighted by molar-refractivity contribution is 7.89. The molecule has 0 spiro atoms. The van der Waals surface area contributed by atoms with Gasteiger partial charge in [-0.05, 0) is 61.0 Å².